The molecule has 0 radical (unpaired) electrons. The van der Waals surface area contributed by atoms with Gasteiger partial charge in [0.1, 0.15) is 0 Å². The predicted octanol–water partition coefficient (Wildman–Crippen LogP) is 4.64. The summed E-state index contributed by atoms with van der Waals surface area (Å²) in [6.07, 6.45) is 0. The maximum absolute atomic E-state index is 12.3. The number of ether oxygens (including phenoxy) is 1. The highest BCUT2D eigenvalue weighted by Gasteiger charge is 2.17. The summed E-state index contributed by atoms with van der Waals surface area (Å²) < 4.78 is 5.43. The normalized spacial score (nSPS) is 10.2. The van der Waals surface area contributed by atoms with Crippen molar-refractivity contribution in [2.45, 2.75) is 6.92 Å². The number of rotatable bonds is 4. The van der Waals surface area contributed by atoms with Gasteiger partial charge in [-0.3, -0.25) is 4.79 Å². The van der Waals surface area contributed by atoms with Gasteiger partial charge in [0, 0.05) is 10.7 Å². The Morgan fingerprint density at radius 3 is 2.55 bits per heavy atom. The summed E-state index contributed by atoms with van der Waals surface area (Å²) in [6, 6.07) is 12.2. The molecule has 0 saturated heterocycles. The smallest absolute Gasteiger partial charge is 0.259 e. The lowest BCUT2D eigenvalue weighted by molar-refractivity contribution is 0.102. The minimum absolute atomic E-state index is 0.313. The topological polar surface area (TPSA) is 38.3 Å². The molecule has 0 atom stereocenters. The van der Waals surface area contributed by atoms with Crippen molar-refractivity contribution in [2.24, 2.45) is 0 Å². The van der Waals surface area contributed by atoms with Crippen LogP contribution in [0.5, 0.6) is 5.75 Å². The van der Waals surface area contributed by atoms with Crippen molar-refractivity contribution in [1.82, 2.24) is 0 Å². The first kappa shape index (κ1) is 14.7. The molecule has 0 aliphatic rings. The molecule has 2 aromatic carbocycles. The van der Waals surface area contributed by atoms with Crippen molar-refractivity contribution in [3.63, 3.8) is 0 Å². The van der Waals surface area contributed by atoms with Crippen LogP contribution in [-0.4, -0.2) is 12.5 Å². The maximum Gasteiger partial charge on any atom is 0.259 e. The Morgan fingerprint density at radius 1 is 1.20 bits per heavy atom. The molecule has 3 nitrogen and oxygen atoms in total. The number of halogens is 2. The monoisotopic (exact) mass is 309 g/mol. The van der Waals surface area contributed by atoms with E-state index in [1.165, 1.54) is 6.07 Å². The van der Waals surface area contributed by atoms with Gasteiger partial charge in [0.2, 0.25) is 0 Å². The van der Waals surface area contributed by atoms with Gasteiger partial charge in [0.25, 0.3) is 5.91 Å². The SMILES string of the molecule is CCOc1c(Cl)cc(Cl)cc1C(=O)Nc1ccccc1. The van der Waals surface area contributed by atoms with Crippen molar-refractivity contribution in [3.05, 3.63) is 58.1 Å². The molecule has 0 aromatic heterocycles. The average molecular weight is 310 g/mol. The Bertz CT molecular complexity index is 615. The van der Waals surface area contributed by atoms with E-state index in [1.807, 2.05) is 25.1 Å². The Kier molecular flexibility index (Phi) is 4.88. The minimum atomic E-state index is -0.316. The van der Waals surface area contributed by atoms with E-state index in [0.29, 0.717) is 33.7 Å². The van der Waals surface area contributed by atoms with E-state index < -0.39 is 0 Å². The zero-order valence-corrected chi connectivity index (χ0v) is 12.3. The molecule has 104 valence electrons. The lowest BCUT2D eigenvalue weighted by Gasteiger charge is -2.12. The average Bonchev–Trinajstić information content (AvgIpc) is 2.42. The second-order valence-corrected chi connectivity index (χ2v) is 4.86. The van der Waals surface area contributed by atoms with Crippen molar-refractivity contribution in [1.29, 1.82) is 0 Å². The van der Waals surface area contributed by atoms with Gasteiger partial charge in [-0.05, 0) is 31.2 Å². The molecule has 1 N–H and O–H groups in total. The summed E-state index contributed by atoms with van der Waals surface area (Å²) in [5.74, 6) is 0.0241. The lowest BCUT2D eigenvalue weighted by atomic mass is 10.1. The first-order valence-corrected chi connectivity index (χ1v) is 6.85. The molecule has 20 heavy (non-hydrogen) atoms. The first-order chi connectivity index (χ1) is 9.61. The number of amides is 1. The zero-order valence-electron chi connectivity index (χ0n) is 10.8. The molecule has 0 aliphatic heterocycles. The van der Waals surface area contributed by atoms with E-state index in [4.69, 9.17) is 27.9 Å². The van der Waals surface area contributed by atoms with Crippen molar-refractivity contribution < 1.29 is 9.53 Å². The second kappa shape index (κ2) is 6.64. The molecule has 0 saturated carbocycles. The second-order valence-electron chi connectivity index (χ2n) is 4.02. The van der Waals surface area contributed by atoms with Crippen LogP contribution in [0, 0.1) is 0 Å². The molecule has 0 unspecified atom stereocenters. The van der Waals surface area contributed by atoms with Crippen molar-refractivity contribution in [2.75, 3.05) is 11.9 Å². The molecule has 1 amide bonds. The van der Waals surface area contributed by atoms with Crippen LogP contribution < -0.4 is 10.1 Å². The van der Waals surface area contributed by atoms with Crippen LogP contribution in [0.4, 0.5) is 5.69 Å². The zero-order chi connectivity index (χ0) is 14.5. The molecule has 0 spiro atoms. The summed E-state index contributed by atoms with van der Waals surface area (Å²) in [5.41, 5.74) is 1.00. The Balaban J connectivity index is 2.33. The van der Waals surface area contributed by atoms with Crippen LogP contribution in [0.2, 0.25) is 10.0 Å². The van der Waals surface area contributed by atoms with Crippen molar-refractivity contribution in [3.8, 4) is 5.75 Å². The molecular weight excluding hydrogens is 297 g/mol. The quantitative estimate of drug-likeness (QED) is 0.893. The Hall–Kier alpha value is -1.71. The summed E-state index contributed by atoms with van der Waals surface area (Å²) in [5, 5.41) is 3.48. The fourth-order valence-electron chi connectivity index (χ4n) is 1.74. The fraction of sp³-hybridized carbons (Fsp3) is 0.133. The maximum atomic E-state index is 12.3. The molecular formula is C15H13Cl2NO2. The molecule has 0 heterocycles. The lowest BCUT2D eigenvalue weighted by Crippen LogP contribution is -2.14. The summed E-state index contributed by atoms with van der Waals surface area (Å²) in [4.78, 5) is 12.3. The third-order valence-corrected chi connectivity index (χ3v) is 3.07. The van der Waals surface area contributed by atoms with Gasteiger partial charge in [0.05, 0.1) is 17.2 Å². The van der Waals surface area contributed by atoms with Gasteiger partial charge < -0.3 is 10.1 Å². The number of para-hydroxylation sites is 1. The van der Waals surface area contributed by atoms with Gasteiger partial charge in [-0.1, -0.05) is 41.4 Å². The Morgan fingerprint density at radius 2 is 1.90 bits per heavy atom. The third kappa shape index (κ3) is 3.44. The summed E-state index contributed by atoms with van der Waals surface area (Å²) in [7, 11) is 0. The third-order valence-electron chi connectivity index (χ3n) is 2.57. The number of nitrogens with one attached hydrogen (secondary N) is 1. The van der Waals surface area contributed by atoms with E-state index in [2.05, 4.69) is 5.32 Å². The van der Waals surface area contributed by atoms with Crippen LogP contribution >= 0.6 is 23.2 Å². The number of hydrogen-bond acceptors (Lipinski definition) is 2. The molecule has 0 fully saturated rings. The van der Waals surface area contributed by atoms with E-state index in [1.54, 1.807) is 18.2 Å². The summed E-state index contributed by atoms with van der Waals surface area (Å²) >= 11 is 12.0. The van der Waals surface area contributed by atoms with Gasteiger partial charge in [-0.25, -0.2) is 0 Å². The number of carbonyl (C=O) groups is 1. The number of carbonyl (C=O) groups excluding carboxylic acids is 1. The highest BCUT2D eigenvalue weighted by Crippen LogP contribution is 2.33. The van der Waals surface area contributed by atoms with E-state index in [0.717, 1.165) is 0 Å². The highest BCUT2D eigenvalue weighted by atomic mass is 35.5. The largest absolute Gasteiger partial charge is 0.491 e. The molecule has 0 bridgehead atoms. The number of hydrogen-bond donors (Lipinski definition) is 1. The van der Waals surface area contributed by atoms with E-state index in [-0.39, 0.29) is 5.91 Å². The van der Waals surface area contributed by atoms with E-state index >= 15 is 0 Å². The van der Waals surface area contributed by atoms with Crippen LogP contribution in [-0.2, 0) is 0 Å². The van der Waals surface area contributed by atoms with Crippen LogP contribution in [0.3, 0.4) is 0 Å². The Labute approximate surface area is 127 Å². The van der Waals surface area contributed by atoms with Gasteiger partial charge in [-0.15, -0.1) is 0 Å². The van der Waals surface area contributed by atoms with Crippen molar-refractivity contribution >= 4 is 34.8 Å². The first-order valence-electron chi connectivity index (χ1n) is 6.10. The number of anilines is 1. The van der Waals surface area contributed by atoms with Gasteiger partial charge >= 0.3 is 0 Å². The summed E-state index contributed by atoms with van der Waals surface area (Å²) in [6.45, 7) is 2.23. The molecule has 2 rings (SSSR count). The minimum Gasteiger partial charge on any atom is -0.491 e. The molecule has 0 aliphatic carbocycles. The number of benzene rings is 2. The molecule has 5 heteroatoms. The van der Waals surface area contributed by atoms with Crippen LogP contribution in [0.1, 0.15) is 17.3 Å². The van der Waals surface area contributed by atoms with Gasteiger partial charge in [-0.2, -0.15) is 0 Å². The predicted molar refractivity (Wildman–Crippen MR) is 82.0 cm³/mol. The van der Waals surface area contributed by atoms with Gasteiger partial charge in [0.15, 0.2) is 5.75 Å². The highest BCUT2D eigenvalue weighted by molar-refractivity contribution is 6.36. The van der Waals surface area contributed by atoms with Crippen LogP contribution in [0.15, 0.2) is 42.5 Å². The standard InChI is InChI=1S/C15H13Cl2NO2/c1-2-20-14-12(8-10(16)9-13(14)17)15(19)18-11-6-4-3-5-7-11/h3-9H,2H2,1H3,(H,18,19). The van der Waals surface area contributed by atoms with Crippen LogP contribution in [0.25, 0.3) is 0 Å². The molecule has 2 aromatic rings. The fourth-order valence-corrected chi connectivity index (χ4v) is 2.29. The van der Waals surface area contributed by atoms with E-state index in [9.17, 15) is 4.79 Å².